The predicted molar refractivity (Wildman–Crippen MR) is 90.1 cm³/mol. The standard InChI is InChI=1S/C17H20N6O/c1-22-11-16(10-21-22)9-20-17(24)19-8-14-3-2-4-15(7-14)12-23-6-5-18-13-23/h2-7,10-11,13H,8-9,12H2,1H3,(H2,19,20,24). The molecule has 0 bridgehead atoms. The lowest BCUT2D eigenvalue weighted by Crippen LogP contribution is -2.34. The van der Waals surface area contributed by atoms with Gasteiger partial charge in [-0.2, -0.15) is 5.10 Å². The third-order valence-electron chi connectivity index (χ3n) is 3.58. The highest BCUT2D eigenvalue weighted by atomic mass is 16.2. The van der Waals surface area contributed by atoms with E-state index in [0.717, 1.165) is 17.7 Å². The van der Waals surface area contributed by atoms with Gasteiger partial charge in [0, 0.05) is 50.8 Å². The molecule has 0 spiro atoms. The van der Waals surface area contributed by atoms with E-state index in [-0.39, 0.29) is 6.03 Å². The maximum atomic E-state index is 11.9. The molecule has 24 heavy (non-hydrogen) atoms. The fourth-order valence-electron chi connectivity index (χ4n) is 2.42. The van der Waals surface area contributed by atoms with Gasteiger partial charge >= 0.3 is 6.03 Å². The molecule has 0 fully saturated rings. The van der Waals surface area contributed by atoms with Crippen molar-refractivity contribution in [1.29, 1.82) is 0 Å². The largest absolute Gasteiger partial charge is 0.334 e. The van der Waals surface area contributed by atoms with Gasteiger partial charge in [-0.15, -0.1) is 0 Å². The van der Waals surface area contributed by atoms with Gasteiger partial charge in [0.25, 0.3) is 0 Å². The molecule has 0 saturated carbocycles. The minimum atomic E-state index is -0.195. The molecule has 3 rings (SSSR count). The zero-order valence-corrected chi connectivity index (χ0v) is 13.5. The van der Waals surface area contributed by atoms with Crippen LogP contribution in [0.15, 0.2) is 55.4 Å². The van der Waals surface area contributed by atoms with E-state index in [9.17, 15) is 4.79 Å². The van der Waals surface area contributed by atoms with Gasteiger partial charge in [-0.1, -0.05) is 24.3 Å². The molecular weight excluding hydrogens is 304 g/mol. The highest BCUT2D eigenvalue weighted by Gasteiger charge is 2.03. The number of hydrogen-bond donors (Lipinski definition) is 2. The van der Waals surface area contributed by atoms with Crippen molar-refractivity contribution < 1.29 is 4.79 Å². The lowest BCUT2D eigenvalue weighted by atomic mass is 10.1. The Morgan fingerprint density at radius 1 is 1.17 bits per heavy atom. The average Bonchev–Trinajstić information content (AvgIpc) is 3.23. The van der Waals surface area contributed by atoms with Gasteiger partial charge in [-0.3, -0.25) is 4.68 Å². The molecule has 7 nitrogen and oxygen atoms in total. The van der Waals surface area contributed by atoms with Crippen LogP contribution in [0.25, 0.3) is 0 Å². The molecule has 3 aromatic rings. The molecule has 2 N–H and O–H groups in total. The van der Waals surface area contributed by atoms with Gasteiger partial charge < -0.3 is 15.2 Å². The number of benzene rings is 1. The second kappa shape index (κ2) is 7.45. The van der Waals surface area contributed by atoms with E-state index in [1.807, 2.05) is 36.1 Å². The molecule has 2 heterocycles. The summed E-state index contributed by atoms with van der Waals surface area (Å²) in [7, 11) is 1.85. The number of carbonyl (C=O) groups excluding carboxylic acids is 1. The van der Waals surface area contributed by atoms with E-state index in [1.165, 1.54) is 5.56 Å². The van der Waals surface area contributed by atoms with Crippen molar-refractivity contribution in [1.82, 2.24) is 30.0 Å². The number of amides is 2. The van der Waals surface area contributed by atoms with Crippen LogP contribution in [0.1, 0.15) is 16.7 Å². The van der Waals surface area contributed by atoms with Crippen LogP contribution in [0.5, 0.6) is 0 Å². The number of carbonyl (C=O) groups is 1. The van der Waals surface area contributed by atoms with E-state index >= 15 is 0 Å². The zero-order valence-electron chi connectivity index (χ0n) is 13.5. The Morgan fingerprint density at radius 2 is 1.96 bits per heavy atom. The zero-order chi connectivity index (χ0) is 16.8. The number of urea groups is 1. The number of nitrogens with zero attached hydrogens (tertiary/aromatic N) is 4. The van der Waals surface area contributed by atoms with Gasteiger partial charge in [-0.05, 0) is 11.1 Å². The van der Waals surface area contributed by atoms with E-state index in [0.29, 0.717) is 13.1 Å². The third kappa shape index (κ3) is 4.45. The van der Waals surface area contributed by atoms with Gasteiger partial charge in [0.05, 0.1) is 12.5 Å². The summed E-state index contributed by atoms with van der Waals surface area (Å²) in [6.45, 7) is 1.71. The number of rotatable bonds is 6. The minimum Gasteiger partial charge on any atom is -0.334 e. The Labute approximate surface area is 140 Å². The molecule has 0 unspecified atom stereocenters. The summed E-state index contributed by atoms with van der Waals surface area (Å²) < 4.78 is 3.72. The monoisotopic (exact) mass is 324 g/mol. The minimum absolute atomic E-state index is 0.195. The van der Waals surface area contributed by atoms with Crippen LogP contribution >= 0.6 is 0 Å². The smallest absolute Gasteiger partial charge is 0.315 e. The number of aromatic nitrogens is 4. The van der Waals surface area contributed by atoms with E-state index in [4.69, 9.17) is 0 Å². The van der Waals surface area contributed by atoms with Gasteiger partial charge in [-0.25, -0.2) is 9.78 Å². The Morgan fingerprint density at radius 3 is 2.67 bits per heavy atom. The van der Waals surface area contributed by atoms with Crippen LogP contribution in [-0.4, -0.2) is 25.4 Å². The number of hydrogen-bond acceptors (Lipinski definition) is 3. The Kier molecular flexibility index (Phi) is 4.90. The molecule has 0 saturated heterocycles. The first-order valence-electron chi connectivity index (χ1n) is 7.72. The maximum absolute atomic E-state index is 11.9. The SMILES string of the molecule is Cn1cc(CNC(=O)NCc2cccc(Cn3ccnc3)c2)cn1. The molecule has 0 aliphatic heterocycles. The molecule has 2 aromatic heterocycles. The number of imidazole rings is 1. The van der Waals surface area contributed by atoms with Crippen molar-refractivity contribution in [2.45, 2.75) is 19.6 Å². The highest BCUT2D eigenvalue weighted by molar-refractivity contribution is 5.73. The van der Waals surface area contributed by atoms with Crippen LogP contribution in [-0.2, 0) is 26.7 Å². The fourth-order valence-corrected chi connectivity index (χ4v) is 2.42. The molecular formula is C17H20N6O. The normalized spacial score (nSPS) is 10.5. The van der Waals surface area contributed by atoms with Gasteiger partial charge in [0.1, 0.15) is 0 Å². The summed E-state index contributed by atoms with van der Waals surface area (Å²) in [5.74, 6) is 0. The Balaban J connectivity index is 1.48. The van der Waals surface area contributed by atoms with E-state index in [2.05, 4.69) is 32.8 Å². The second-order valence-electron chi connectivity index (χ2n) is 5.61. The van der Waals surface area contributed by atoms with Crippen LogP contribution in [0, 0.1) is 0 Å². The summed E-state index contributed by atoms with van der Waals surface area (Å²) in [4.78, 5) is 15.9. The summed E-state index contributed by atoms with van der Waals surface area (Å²) in [5, 5.41) is 9.75. The highest BCUT2D eigenvalue weighted by Crippen LogP contribution is 2.07. The first kappa shape index (κ1) is 15.8. The van der Waals surface area contributed by atoms with Crippen molar-refractivity contribution >= 4 is 6.03 Å². The van der Waals surface area contributed by atoms with Crippen molar-refractivity contribution in [2.24, 2.45) is 7.05 Å². The molecule has 0 radical (unpaired) electrons. The summed E-state index contributed by atoms with van der Waals surface area (Å²) in [6, 6.07) is 7.95. The first-order valence-corrected chi connectivity index (χ1v) is 7.72. The molecule has 0 aliphatic carbocycles. The van der Waals surface area contributed by atoms with E-state index in [1.54, 1.807) is 23.4 Å². The maximum Gasteiger partial charge on any atom is 0.315 e. The van der Waals surface area contributed by atoms with Crippen LogP contribution in [0.3, 0.4) is 0 Å². The van der Waals surface area contributed by atoms with Crippen molar-refractivity contribution in [3.8, 4) is 0 Å². The third-order valence-corrected chi connectivity index (χ3v) is 3.58. The van der Waals surface area contributed by atoms with Crippen LogP contribution in [0.4, 0.5) is 4.79 Å². The summed E-state index contributed by atoms with van der Waals surface area (Å²) in [6.07, 6.45) is 9.09. The molecule has 124 valence electrons. The number of nitrogens with one attached hydrogen (secondary N) is 2. The average molecular weight is 324 g/mol. The first-order chi connectivity index (χ1) is 11.7. The van der Waals surface area contributed by atoms with Gasteiger partial charge in [0.15, 0.2) is 0 Å². The summed E-state index contributed by atoms with van der Waals surface area (Å²) >= 11 is 0. The topological polar surface area (TPSA) is 76.8 Å². The second-order valence-corrected chi connectivity index (χ2v) is 5.61. The lowest BCUT2D eigenvalue weighted by molar-refractivity contribution is 0.240. The van der Waals surface area contributed by atoms with Crippen LogP contribution in [0.2, 0.25) is 0 Å². The van der Waals surface area contributed by atoms with Crippen molar-refractivity contribution in [2.75, 3.05) is 0 Å². The molecule has 1 aromatic carbocycles. The van der Waals surface area contributed by atoms with Crippen molar-refractivity contribution in [3.05, 3.63) is 72.1 Å². The van der Waals surface area contributed by atoms with E-state index < -0.39 is 0 Å². The van der Waals surface area contributed by atoms with Gasteiger partial charge in [0.2, 0.25) is 0 Å². The number of aryl methyl sites for hydroxylation is 1. The Bertz CT molecular complexity index is 793. The van der Waals surface area contributed by atoms with Crippen LogP contribution < -0.4 is 10.6 Å². The summed E-state index contributed by atoms with van der Waals surface area (Å²) in [5.41, 5.74) is 3.20. The lowest BCUT2D eigenvalue weighted by Gasteiger charge is -2.09. The molecule has 0 atom stereocenters. The van der Waals surface area contributed by atoms with Crippen molar-refractivity contribution in [3.63, 3.8) is 0 Å². The quantitative estimate of drug-likeness (QED) is 0.724. The molecule has 7 heteroatoms. The Hall–Kier alpha value is -3.09. The molecule has 2 amide bonds. The predicted octanol–water partition coefficient (Wildman–Crippen LogP) is 1.66. The fraction of sp³-hybridized carbons (Fsp3) is 0.235. The molecule has 0 aliphatic rings.